The van der Waals surface area contributed by atoms with Gasteiger partial charge in [-0.15, -0.1) is 0 Å². The molecule has 3 aliphatic carbocycles. The third kappa shape index (κ3) is 0.987. The van der Waals surface area contributed by atoms with Gasteiger partial charge in [0.2, 0.25) is 0 Å². The van der Waals surface area contributed by atoms with Crippen LogP contribution >= 0.6 is 0 Å². The molecule has 0 aromatic rings. The molecule has 18 heavy (non-hydrogen) atoms. The second kappa shape index (κ2) is 3.06. The van der Waals surface area contributed by atoms with Gasteiger partial charge in [-0.3, -0.25) is 9.59 Å². The summed E-state index contributed by atoms with van der Waals surface area (Å²) in [5.74, 6) is -0.622. The number of rotatable bonds is 1. The van der Waals surface area contributed by atoms with Gasteiger partial charge in [0.15, 0.2) is 0 Å². The van der Waals surface area contributed by atoms with Crippen LogP contribution in [0.5, 0.6) is 0 Å². The number of allylic oxidation sites excluding steroid dienone is 2. The molecule has 1 heterocycles. The first-order chi connectivity index (χ1) is 8.28. The Balaban J connectivity index is 2.28. The number of hydrogen-bond donors (Lipinski definition) is 0. The van der Waals surface area contributed by atoms with E-state index in [9.17, 15) is 9.59 Å². The minimum atomic E-state index is -0.681. The average molecular weight is 248 g/mol. The molecule has 2 fully saturated rings. The largest absolute Gasteiger partial charge is 0.392 e. The Hall–Kier alpha value is -1.12. The topological polar surface area (TPSA) is 43.4 Å². The predicted octanol–water partition coefficient (Wildman–Crippen LogP) is 2.70. The number of carbonyl (C=O) groups excluding carboxylic acids is 2. The van der Waals surface area contributed by atoms with Crippen LogP contribution in [-0.4, -0.2) is 11.9 Å². The lowest BCUT2D eigenvalue weighted by molar-refractivity contribution is -0.160. The number of esters is 2. The van der Waals surface area contributed by atoms with E-state index in [1.165, 1.54) is 0 Å². The summed E-state index contributed by atoms with van der Waals surface area (Å²) in [4.78, 5) is 24.4. The molecule has 0 aromatic carbocycles. The normalized spacial score (nSPS) is 49.7. The number of cyclic esters (lactones) is 2. The van der Waals surface area contributed by atoms with E-state index in [0.29, 0.717) is 5.92 Å². The van der Waals surface area contributed by atoms with E-state index < -0.39 is 5.41 Å². The van der Waals surface area contributed by atoms with Gasteiger partial charge < -0.3 is 4.74 Å². The van der Waals surface area contributed by atoms with Crippen LogP contribution in [0.25, 0.3) is 0 Å². The highest BCUT2D eigenvalue weighted by molar-refractivity contribution is 6.01. The highest BCUT2D eigenvalue weighted by Gasteiger charge is 2.73. The zero-order valence-electron chi connectivity index (χ0n) is 11.4. The van der Waals surface area contributed by atoms with Gasteiger partial charge in [-0.2, -0.15) is 0 Å². The number of ether oxygens (including phenoxy) is 1. The lowest BCUT2D eigenvalue weighted by Gasteiger charge is -2.59. The fraction of sp³-hybridized carbons (Fsp3) is 0.733. The first-order valence-electron chi connectivity index (χ1n) is 6.74. The van der Waals surface area contributed by atoms with Crippen molar-refractivity contribution in [3.8, 4) is 0 Å². The van der Waals surface area contributed by atoms with E-state index in [4.69, 9.17) is 4.74 Å². The SMILES string of the molecule is CC(C)C12C=CC(C)(CC1)C1C(=O)OC(=O)C12C. The van der Waals surface area contributed by atoms with Crippen molar-refractivity contribution in [2.75, 3.05) is 0 Å². The third-order valence-electron chi connectivity index (χ3n) is 5.93. The molecular formula is C15H20O3. The average Bonchev–Trinajstić information content (AvgIpc) is 2.52. The molecule has 0 amide bonds. The van der Waals surface area contributed by atoms with Crippen LogP contribution in [0.15, 0.2) is 12.2 Å². The molecule has 3 heteroatoms. The molecule has 0 N–H and O–H groups in total. The van der Waals surface area contributed by atoms with Gasteiger partial charge in [0, 0.05) is 5.41 Å². The van der Waals surface area contributed by atoms with Crippen molar-refractivity contribution in [1.82, 2.24) is 0 Å². The minimum Gasteiger partial charge on any atom is -0.392 e. The van der Waals surface area contributed by atoms with Crippen LogP contribution in [0.1, 0.15) is 40.5 Å². The fourth-order valence-electron chi connectivity index (χ4n) is 4.73. The van der Waals surface area contributed by atoms with E-state index in [1.807, 2.05) is 6.92 Å². The lowest BCUT2D eigenvalue weighted by Crippen LogP contribution is -2.60. The van der Waals surface area contributed by atoms with Gasteiger partial charge >= 0.3 is 11.9 Å². The standard InChI is InChI=1S/C15H20O3/c1-9(2)15-7-5-13(3,6-8-15)10-11(16)18-12(17)14(10,15)4/h5,7,9-10H,6,8H2,1-4H3. The van der Waals surface area contributed by atoms with Crippen LogP contribution < -0.4 is 0 Å². The summed E-state index contributed by atoms with van der Waals surface area (Å²) in [6.07, 6.45) is 6.28. The van der Waals surface area contributed by atoms with E-state index in [2.05, 4.69) is 32.9 Å². The Bertz CT molecular complexity index is 478. The van der Waals surface area contributed by atoms with Crippen LogP contribution in [0, 0.1) is 28.1 Å². The van der Waals surface area contributed by atoms with E-state index in [0.717, 1.165) is 12.8 Å². The van der Waals surface area contributed by atoms with Crippen molar-refractivity contribution in [2.45, 2.75) is 40.5 Å². The Morgan fingerprint density at radius 1 is 1.22 bits per heavy atom. The molecule has 0 aromatic heterocycles. The molecule has 1 saturated carbocycles. The van der Waals surface area contributed by atoms with Crippen molar-refractivity contribution < 1.29 is 14.3 Å². The Kier molecular flexibility index (Phi) is 2.03. The van der Waals surface area contributed by atoms with Crippen molar-refractivity contribution in [3.63, 3.8) is 0 Å². The zero-order chi connectivity index (χ0) is 13.3. The van der Waals surface area contributed by atoms with Gasteiger partial charge in [-0.1, -0.05) is 32.9 Å². The number of carbonyl (C=O) groups is 2. The van der Waals surface area contributed by atoms with Crippen LogP contribution in [-0.2, 0) is 14.3 Å². The molecule has 2 bridgehead atoms. The maximum absolute atomic E-state index is 12.3. The van der Waals surface area contributed by atoms with Crippen LogP contribution in [0.3, 0.4) is 0 Å². The maximum atomic E-state index is 12.3. The zero-order valence-corrected chi connectivity index (χ0v) is 11.4. The van der Waals surface area contributed by atoms with Crippen LogP contribution in [0.2, 0.25) is 0 Å². The molecule has 0 radical (unpaired) electrons. The first-order valence-corrected chi connectivity index (χ1v) is 6.74. The summed E-state index contributed by atoms with van der Waals surface area (Å²) in [6.45, 7) is 8.29. The van der Waals surface area contributed by atoms with Gasteiger partial charge in [0.1, 0.15) is 0 Å². The molecule has 4 rings (SSSR count). The Labute approximate surface area is 108 Å². The van der Waals surface area contributed by atoms with E-state index in [-0.39, 0.29) is 28.7 Å². The highest BCUT2D eigenvalue weighted by Crippen LogP contribution is 2.69. The smallest absolute Gasteiger partial charge is 0.321 e. The second-order valence-corrected chi connectivity index (χ2v) is 6.88. The number of hydrogen-bond acceptors (Lipinski definition) is 3. The molecule has 98 valence electrons. The van der Waals surface area contributed by atoms with E-state index >= 15 is 0 Å². The van der Waals surface area contributed by atoms with Gasteiger partial charge in [0.25, 0.3) is 0 Å². The van der Waals surface area contributed by atoms with Crippen molar-refractivity contribution in [2.24, 2.45) is 28.1 Å². The highest BCUT2D eigenvalue weighted by atomic mass is 16.6. The predicted molar refractivity (Wildman–Crippen MR) is 66.4 cm³/mol. The summed E-state index contributed by atoms with van der Waals surface area (Å²) in [6, 6.07) is 0. The van der Waals surface area contributed by atoms with Crippen LogP contribution in [0.4, 0.5) is 0 Å². The van der Waals surface area contributed by atoms with Gasteiger partial charge in [-0.05, 0) is 31.1 Å². The summed E-state index contributed by atoms with van der Waals surface area (Å²) < 4.78 is 5.01. The molecular weight excluding hydrogens is 228 g/mol. The summed E-state index contributed by atoms with van der Waals surface area (Å²) in [5, 5.41) is 0. The maximum Gasteiger partial charge on any atom is 0.321 e. The van der Waals surface area contributed by atoms with Crippen molar-refractivity contribution in [3.05, 3.63) is 12.2 Å². The summed E-state index contributed by atoms with van der Waals surface area (Å²) in [5.41, 5.74) is -1.12. The van der Waals surface area contributed by atoms with Crippen molar-refractivity contribution in [1.29, 1.82) is 0 Å². The van der Waals surface area contributed by atoms with Crippen molar-refractivity contribution >= 4 is 11.9 Å². The molecule has 4 atom stereocenters. The monoisotopic (exact) mass is 248 g/mol. The Morgan fingerprint density at radius 2 is 1.89 bits per heavy atom. The second-order valence-electron chi connectivity index (χ2n) is 6.88. The summed E-state index contributed by atoms with van der Waals surface area (Å²) >= 11 is 0. The Morgan fingerprint density at radius 3 is 2.39 bits per heavy atom. The van der Waals surface area contributed by atoms with E-state index in [1.54, 1.807) is 0 Å². The summed E-state index contributed by atoms with van der Waals surface area (Å²) in [7, 11) is 0. The van der Waals surface area contributed by atoms with Gasteiger partial charge in [0.05, 0.1) is 11.3 Å². The molecule has 1 saturated heterocycles. The minimum absolute atomic E-state index is 0.214. The molecule has 4 aliphatic rings. The quantitative estimate of drug-likeness (QED) is 0.407. The molecule has 1 aliphatic heterocycles. The molecule has 3 nitrogen and oxygen atoms in total. The third-order valence-corrected chi connectivity index (χ3v) is 5.93. The molecule has 4 unspecified atom stereocenters. The first kappa shape index (κ1) is 11.9. The van der Waals surface area contributed by atoms with Gasteiger partial charge in [-0.25, -0.2) is 0 Å². The number of fused-ring (bicyclic) bond motifs is 1. The molecule has 0 spiro atoms. The lowest BCUT2D eigenvalue weighted by atomic mass is 9.40. The fourth-order valence-corrected chi connectivity index (χ4v) is 4.73.